The van der Waals surface area contributed by atoms with Gasteiger partial charge in [-0.15, -0.1) is 0 Å². The van der Waals surface area contributed by atoms with E-state index < -0.39 is 0 Å². The Kier molecular flexibility index (Phi) is 7.58. The van der Waals surface area contributed by atoms with Crippen molar-refractivity contribution in [1.82, 2.24) is 16.0 Å². The second-order valence-electron chi connectivity index (χ2n) is 6.92. The van der Waals surface area contributed by atoms with Crippen LogP contribution in [0.4, 0.5) is 4.39 Å². The lowest BCUT2D eigenvalue weighted by molar-refractivity contribution is 0.0857. The standard InChI is InChI=1S/C22H27FN4O2/c1-24-22(27-14-18-7-2-3-10-20(18)23)26-13-16-6-4-8-17(12-16)21(28)25-15-19-9-5-11-29-19/h2-4,6-8,10,12,19H,5,9,11,13-15H2,1H3,(H,25,28)(H2,24,26,27). The fourth-order valence-electron chi connectivity index (χ4n) is 3.16. The lowest BCUT2D eigenvalue weighted by atomic mass is 10.1. The van der Waals surface area contributed by atoms with Gasteiger partial charge in [0, 0.05) is 44.4 Å². The fraction of sp³-hybridized carbons (Fsp3) is 0.364. The molecule has 1 aliphatic heterocycles. The molecule has 29 heavy (non-hydrogen) atoms. The number of amides is 1. The normalized spacial score (nSPS) is 16.5. The summed E-state index contributed by atoms with van der Waals surface area (Å²) in [7, 11) is 1.66. The number of nitrogens with zero attached hydrogens (tertiary/aromatic N) is 1. The molecule has 1 atom stereocenters. The molecule has 0 saturated carbocycles. The molecule has 0 aromatic heterocycles. The van der Waals surface area contributed by atoms with Gasteiger partial charge in [-0.25, -0.2) is 4.39 Å². The van der Waals surface area contributed by atoms with Gasteiger partial charge in [-0.1, -0.05) is 30.3 Å². The Bertz CT molecular complexity index is 850. The van der Waals surface area contributed by atoms with Gasteiger partial charge in [0.2, 0.25) is 0 Å². The summed E-state index contributed by atoms with van der Waals surface area (Å²) >= 11 is 0. The lowest BCUT2D eigenvalue weighted by Gasteiger charge is -2.13. The number of hydrogen-bond donors (Lipinski definition) is 3. The number of halogens is 1. The summed E-state index contributed by atoms with van der Waals surface area (Å²) in [6, 6.07) is 14.1. The third kappa shape index (κ3) is 6.29. The molecule has 3 N–H and O–H groups in total. The molecule has 6 nitrogen and oxygen atoms in total. The zero-order valence-corrected chi connectivity index (χ0v) is 16.6. The fourth-order valence-corrected chi connectivity index (χ4v) is 3.16. The largest absolute Gasteiger partial charge is 0.376 e. The van der Waals surface area contributed by atoms with Crippen LogP contribution in [0.25, 0.3) is 0 Å². The second-order valence-corrected chi connectivity index (χ2v) is 6.92. The summed E-state index contributed by atoms with van der Waals surface area (Å²) in [4.78, 5) is 16.5. The van der Waals surface area contributed by atoms with Gasteiger partial charge in [0.1, 0.15) is 5.82 Å². The van der Waals surface area contributed by atoms with Crippen molar-refractivity contribution in [3.05, 3.63) is 71.0 Å². The highest BCUT2D eigenvalue weighted by Gasteiger charge is 2.16. The number of carbonyl (C=O) groups excluding carboxylic acids is 1. The van der Waals surface area contributed by atoms with Gasteiger partial charge in [0.15, 0.2) is 5.96 Å². The third-order valence-corrected chi connectivity index (χ3v) is 4.79. The van der Waals surface area contributed by atoms with Crippen molar-refractivity contribution in [3.63, 3.8) is 0 Å². The topological polar surface area (TPSA) is 74.8 Å². The van der Waals surface area contributed by atoms with Crippen LogP contribution in [0.5, 0.6) is 0 Å². The van der Waals surface area contributed by atoms with Crippen molar-refractivity contribution in [2.45, 2.75) is 32.0 Å². The summed E-state index contributed by atoms with van der Waals surface area (Å²) in [5, 5.41) is 9.21. The highest BCUT2D eigenvalue weighted by molar-refractivity contribution is 5.94. The van der Waals surface area contributed by atoms with Gasteiger partial charge >= 0.3 is 0 Å². The minimum atomic E-state index is -0.253. The molecule has 3 rings (SSSR count). The van der Waals surface area contributed by atoms with Crippen LogP contribution < -0.4 is 16.0 Å². The zero-order chi connectivity index (χ0) is 20.5. The molecule has 2 aromatic rings. The van der Waals surface area contributed by atoms with Crippen LogP contribution in [-0.4, -0.2) is 38.2 Å². The first-order chi connectivity index (χ1) is 14.2. The molecule has 7 heteroatoms. The smallest absolute Gasteiger partial charge is 0.251 e. The predicted octanol–water partition coefficient (Wildman–Crippen LogP) is 2.60. The van der Waals surface area contributed by atoms with Crippen molar-refractivity contribution in [2.75, 3.05) is 20.2 Å². The molecule has 0 spiro atoms. The molecule has 0 aliphatic carbocycles. The number of hydrogen-bond acceptors (Lipinski definition) is 3. The Morgan fingerprint density at radius 1 is 1.14 bits per heavy atom. The molecule has 154 valence electrons. The van der Waals surface area contributed by atoms with Crippen LogP contribution in [0.2, 0.25) is 0 Å². The van der Waals surface area contributed by atoms with Crippen molar-refractivity contribution in [2.24, 2.45) is 4.99 Å². The number of aliphatic imine (C=N–C) groups is 1. The first-order valence-corrected chi connectivity index (χ1v) is 9.82. The number of ether oxygens (including phenoxy) is 1. The Morgan fingerprint density at radius 2 is 1.97 bits per heavy atom. The van der Waals surface area contributed by atoms with Crippen LogP contribution in [0.1, 0.15) is 34.3 Å². The highest BCUT2D eigenvalue weighted by atomic mass is 19.1. The first kappa shape index (κ1) is 20.8. The average Bonchev–Trinajstić information content (AvgIpc) is 3.27. The van der Waals surface area contributed by atoms with Crippen molar-refractivity contribution in [3.8, 4) is 0 Å². The summed E-state index contributed by atoms with van der Waals surface area (Å²) in [6.45, 7) is 2.13. The van der Waals surface area contributed by atoms with Crippen molar-refractivity contribution in [1.29, 1.82) is 0 Å². The Hall–Kier alpha value is -2.93. The molecule has 1 aliphatic rings. The van der Waals surface area contributed by atoms with Crippen LogP contribution in [0.15, 0.2) is 53.5 Å². The molecule has 0 radical (unpaired) electrons. The van der Waals surface area contributed by atoms with E-state index in [1.54, 1.807) is 31.3 Å². The molecule has 1 amide bonds. The molecule has 1 saturated heterocycles. The Balaban J connectivity index is 1.49. The van der Waals surface area contributed by atoms with Crippen molar-refractivity contribution < 1.29 is 13.9 Å². The van der Waals surface area contributed by atoms with Crippen LogP contribution >= 0.6 is 0 Å². The minimum absolute atomic E-state index is 0.107. The van der Waals surface area contributed by atoms with Gasteiger partial charge < -0.3 is 20.7 Å². The number of guanidine groups is 1. The molecule has 2 aromatic carbocycles. The second kappa shape index (κ2) is 10.6. The van der Waals surface area contributed by atoms with Gasteiger partial charge in [0.25, 0.3) is 5.91 Å². The van der Waals surface area contributed by atoms with Crippen LogP contribution in [0.3, 0.4) is 0 Å². The Morgan fingerprint density at radius 3 is 2.72 bits per heavy atom. The first-order valence-electron chi connectivity index (χ1n) is 9.82. The molecule has 1 fully saturated rings. The third-order valence-electron chi connectivity index (χ3n) is 4.79. The van der Waals surface area contributed by atoms with E-state index in [2.05, 4.69) is 20.9 Å². The molecule has 1 unspecified atom stereocenters. The quantitative estimate of drug-likeness (QED) is 0.495. The van der Waals surface area contributed by atoms with Crippen LogP contribution in [0, 0.1) is 5.82 Å². The van der Waals surface area contributed by atoms with Crippen LogP contribution in [-0.2, 0) is 17.8 Å². The average molecular weight is 398 g/mol. The highest BCUT2D eigenvalue weighted by Crippen LogP contribution is 2.11. The van der Waals surface area contributed by atoms with E-state index >= 15 is 0 Å². The minimum Gasteiger partial charge on any atom is -0.376 e. The van der Waals surface area contributed by atoms with E-state index in [0.717, 1.165) is 25.0 Å². The van der Waals surface area contributed by atoms with Gasteiger partial charge in [-0.2, -0.15) is 0 Å². The molecular weight excluding hydrogens is 371 g/mol. The molecule has 0 bridgehead atoms. The summed E-state index contributed by atoms with van der Waals surface area (Å²) in [5.41, 5.74) is 2.13. The van der Waals surface area contributed by atoms with Gasteiger partial charge in [-0.3, -0.25) is 9.79 Å². The molecular formula is C22H27FN4O2. The van der Waals surface area contributed by atoms with E-state index in [-0.39, 0.29) is 17.8 Å². The molecule has 1 heterocycles. The maximum absolute atomic E-state index is 13.7. The number of rotatable bonds is 7. The predicted molar refractivity (Wildman–Crippen MR) is 111 cm³/mol. The Labute approximate surface area is 170 Å². The van der Waals surface area contributed by atoms with E-state index in [9.17, 15) is 9.18 Å². The maximum Gasteiger partial charge on any atom is 0.251 e. The SMILES string of the molecule is CN=C(NCc1cccc(C(=O)NCC2CCCO2)c1)NCc1ccccc1F. The summed E-state index contributed by atoms with van der Waals surface area (Å²) < 4.78 is 19.3. The van der Waals surface area contributed by atoms with Gasteiger partial charge in [-0.05, 0) is 36.6 Å². The monoisotopic (exact) mass is 398 g/mol. The number of benzene rings is 2. The van der Waals surface area contributed by atoms with E-state index in [4.69, 9.17) is 4.74 Å². The van der Waals surface area contributed by atoms with E-state index in [1.165, 1.54) is 6.07 Å². The van der Waals surface area contributed by atoms with E-state index in [1.807, 2.05) is 18.2 Å². The number of nitrogens with one attached hydrogen (secondary N) is 3. The van der Waals surface area contributed by atoms with E-state index in [0.29, 0.717) is 36.7 Å². The zero-order valence-electron chi connectivity index (χ0n) is 16.6. The summed E-state index contributed by atoms with van der Waals surface area (Å²) in [6.07, 6.45) is 2.16. The number of carbonyl (C=O) groups is 1. The van der Waals surface area contributed by atoms with Crippen molar-refractivity contribution >= 4 is 11.9 Å². The summed E-state index contributed by atoms with van der Waals surface area (Å²) in [5.74, 6) is 0.197. The lowest BCUT2D eigenvalue weighted by Crippen LogP contribution is -2.36. The maximum atomic E-state index is 13.7. The van der Waals surface area contributed by atoms with Gasteiger partial charge in [0.05, 0.1) is 6.10 Å².